The maximum Gasteiger partial charge on any atom is 0.315 e. The molecule has 0 bridgehead atoms. The molecule has 110 valence electrons. The Labute approximate surface area is 121 Å². The van der Waals surface area contributed by atoms with Crippen molar-refractivity contribution in [2.45, 2.75) is 0 Å². The number of nitro benzene ring substituents is 1. The lowest BCUT2D eigenvalue weighted by atomic mass is 10.2. The number of nitrogens with one attached hydrogen (secondary N) is 1. The van der Waals surface area contributed by atoms with Gasteiger partial charge in [-0.25, -0.2) is 0 Å². The van der Waals surface area contributed by atoms with E-state index in [0.717, 1.165) is 0 Å². The Morgan fingerprint density at radius 1 is 1.14 bits per heavy atom. The van der Waals surface area contributed by atoms with Crippen LogP contribution >= 0.6 is 0 Å². The van der Waals surface area contributed by atoms with Crippen LogP contribution in [-0.4, -0.2) is 19.1 Å². The van der Waals surface area contributed by atoms with Gasteiger partial charge in [0.25, 0.3) is 0 Å². The average Bonchev–Trinajstić information content (AvgIpc) is 2.46. The Morgan fingerprint density at radius 3 is 2.48 bits per heavy atom. The number of nitrogens with zero attached hydrogens (tertiary/aromatic N) is 1. The summed E-state index contributed by atoms with van der Waals surface area (Å²) in [6.07, 6.45) is 0. The van der Waals surface area contributed by atoms with E-state index in [2.05, 4.69) is 5.32 Å². The molecule has 2 aromatic carbocycles. The van der Waals surface area contributed by atoms with E-state index >= 15 is 0 Å². The van der Waals surface area contributed by atoms with Crippen LogP contribution in [0.1, 0.15) is 0 Å². The van der Waals surface area contributed by atoms with Crippen molar-refractivity contribution in [1.82, 2.24) is 0 Å². The first-order chi connectivity index (χ1) is 10.1. The molecule has 0 aliphatic rings. The summed E-state index contributed by atoms with van der Waals surface area (Å²) >= 11 is 0. The van der Waals surface area contributed by atoms with E-state index in [1.54, 1.807) is 30.3 Å². The Bertz CT molecular complexity index is 673. The summed E-state index contributed by atoms with van der Waals surface area (Å²) in [7, 11) is 3.05. The van der Waals surface area contributed by atoms with Gasteiger partial charge in [0.05, 0.1) is 19.1 Å². The number of nitrogen functional groups attached to an aromatic ring is 1. The standard InChI is InChI=1S/C14H15N3O4/c1-20-12-7-6-9(8-13(12)21-2)16-11-5-3-4-10(15)14(11)17(18)19/h3-8,16H,15H2,1-2H3. The molecule has 0 aromatic heterocycles. The van der Waals surface area contributed by atoms with Crippen molar-refractivity contribution in [2.75, 3.05) is 25.3 Å². The van der Waals surface area contributed by atoms with Crippen molar-refractivity contribution in [3.63, 3.8) is 0 Å². The van der Waals surface area contributed by atoms with Gasteiger partial charge in [0.15, 0.2) is 11.5 Å². The first-order valence-electron chi connectivity index (χ1n) is 6.08. The normalized spacial score (nSPS) is 10.0. The molecule has 0 fully saturated rings. The van der Waals surface area contributed by atoms with E-state index in [9.17, 15) is 10.1 Å². The lowest BCUT2D eigenvalue weighted by Crippen LogP contribution is -2.01. The van der Waals surface area contributed by atoms with Gasteiger partial charge in [-0.15, -0.1) is 0 Å². The summed E-state index contributed by atoms with van der Waals surface area (Å²) in [5.41, 5.74) is 6.53. The fourth-order valence-electron chi connectivity index (χ4n) is 1.94. The molecule has 7 heteroatoms. The van der Waals surface area contributed by atoms with Gasteiger partial charge >= 0.3 is 5.69 Å². The Hall–Kier alpha value is -2.96. The van der Waals surface area contributed by atoms with E-state index < -0.39 is 4.92 Å². The molecule has 0 aliphatic heterocycles. The molecule has 3 N–H and O–H groups in total. The second-order valence-electron chi connectivity index (χ2n) is 4.20. The van der Waals surface area contributed by atoms with Crippen LogP contribution in [0, 0.1) is 10.1 Å². The predicted octanol–water partition coefficient (Wildman–Crippen LogP) is 2.94. The maximum atomic E-state index is 11.1. The first-order valence-corrected chi connectivity index (χ1v) is 6.08. The molecule has 0 saturated heterocycles. The van der Waals surface area contributed by atoms with Gasteiger partial charge in [-0.2, -0.15) is 0 Å². The van der Waals surface area contributed by atoms with Crippen LogP contribution in [0.25, 0.3) is 0 Å². The van der Waals surface area contributed by atoms with Gasteiger partial charge < -0.3 is 20.5 Å². The monoisotopic (exact) mass is 289 g/mol. The first kappa shape index (κ1) is 14.4. The molecule has 2 aromatic rings. The van der Waals surface area contributed by atoms with Crippen LogP contribution in [0.15, 0.2) is 36.4 Å². The van der Waals surface area contributed by atoms with Crippen LogP contribution in [0.2, 0.25) is 0 Å². The number of rotatable bonds is 5. The molecular weight excluding hydrogens is 274 g/mol. The quantitative estimate of drug-likeness (QED) is 0.498. The number of ether oxygens (including phenoxy) is 2. The highest BCUT2D eigenvalue weighted by Crippen LogP contribution is 2.35. The molecule has 2 rings (SSSR count). The third-order valence-corrected chi connectivity index (χ3v) is 2.91. The Morgan fingerprint density at radius 2 is 1.86 bits per heavy atom. The molecule has 0 heterocycles. The van der Waals surface area contributed by atoms with Crippen LogP contribution in [0.5, 0.6) is 11.5 Å². The smallest absolute Gasteiger partial charge is 0.315 e. The third kappa shape index (κ3) is 2.97. The van der Waals surface area contributed by atoms with E-state index in [1.807, 2.05) is 0 Å². The second kappa shape index (κ2) is 6.00. The van der Waals surface area contributed by atoms with Crippen molar-refractivity contribution in [2.24, 2.45) is 0 Å². The number of para-hydroxylation sites is 1. The fraction of sp³-hybridized carbons (Fsp3) is 0.143. The van der Waals surface area contributed by atoms with Gasteiger partial charge in [0.1, 0.15) is 11.4 Å². The number of hydrogen-bond acceptors (Lipinski definition) is 6. The molecule has 0 unspecified atom stereocenters. The van der Waals surface area contributed by atoms with Gasteiger partial charge in [-0.3, -0.25) is 10.1 Å². The summed E-state index contributed by atoms with van der Waals surface area (Å²) in [6.45, 7) is 0. The summed E-state index contributed by atoms with van der Waals surface area (Å²) in [4.78, 5) is 10.6. The fourth-order valence-corrected chi connectivity index (χ4v) is 1.94. The number of hydrogen-bond donors (Lipinski definition) is 2. The average molecular weight is 289 g/mol. The molecular formula is C14H15N3O4. The molecule has 0 radical (unpaired) electrons. The highest BCUT2D eigenvalue weighted by Gasteiger charge is 2.18. The van der Waals surface area contributed by atoms with Crippen LogP contribution in [0.3, 0.4) is 0 Å². The molecule has 0 aliphatic carbocycles. The van der Waals surface area contributed by atoms with Crippen molar-refractivity contribution >= 4 is 22.7 Å². The molecule has 0 spiro atoms. The zero-order valence-electron chi connectivity index (χ0n) is 11.6. The van der Waals surface area contributed by atoms with E-state index in [-0.39, 0.29) is 11.4 Å². The van der Waals surface area contributed by atoms with Gasteiger partial charge in [0, 0.05) is 11.8 Å². The van der Waals surface area contributed by atoms with Crippen molar-refractivity contribution in [3.8, 4) is 11.5 Å². The zero-order valence-corrected chi connectivity index (χ0v) is 11.6. The molecule has 0 saturated carbocycles. The lowest BCUT2D eigenvalue weighted by molar-refractivity contribution is -0.383. The minimum absolute atomic E-state index is 0.102. The summed E-state index contributed by atoms with van der Waals surface area (Å²) in [5.74, 6) is 1.10. The van der Waals surface area contributed by atoms with Crippen LogP contribution < -0.4 is 20.5 Å². The number of methoxy groups -OCH3 is 2. The molecule has 0 atom stereocenters. The molecule has 0 amide bonds. The number of anilines is 3. The lowest BCUT2D eigenvalue weighted by Gasteiger charge is -2.12. The summed E-state index contributed by atoms with van der Waals surface area (Å²) in [5, 5.41) is 14.1. The van der Waals surface area contributed by atoms with Crippen molar-refractivity contribution in [1.29, 1.82) is 0 Å². The minimum Gasteiger partial charge on any atom is -0.493 e. The van der Waals surface area contributed by atoms with Gasteiger partial charge in [-0.1, -0.05) is 6.07 Å². The SMILES string of the molecule is COc1ccc(Nc2cccc(N)c2[N+](=O)[O-])cc1OC. The van der Waals surface area contributed by atoms with Gasteiger partial charge in [-0.05, 0) is 24.3 Å². The topological polar surface area (TPSA) is 99.7 Å². The molecule has 21 heavy (non-hydrogen) atoms. The minimum atomic E-state index is -0.515. The second-order valence-corrected chi connectivity index (χ2v) is 4.20. The van der Waals surface area contributed by atoms with Crippen LogP contribution in [0.4, 0.5) is 22.7 Å². The highest BCUT2D eigenvalue weighted by atomic mass is 16.6. The van der Waals surface area contributed by atoms with E-state index in [0.29, 0.717) is 22.9 Å². The number of nitrogens with two attached hydrogens (primary N) is 1. The number of benzene rings is 2. The van der Waals surface area contributed by atoms with Crippen molar-refractivity contribution in [3.05, 3.63) is 46.5 Å². The summed E-state index contributed by atoms with van der Waals surface area (Å²) < 4.78 is 10.3. The maximum absolute atomic E-state index is 11.1. The Kier molecular flexibility index (Phi) is 4.13. The van der Waals surface area contributed by atoms with E-state index in [4.69, 9.17) is 15.2 Å². The van der Waals surface area contributed by atoms with Gasteiger partial charge in [0.2, 0.25) is 0 Å². The molecule has 7 nitrogen and oxygen atoms in total. The zero-order chi connectivity index (χ0) is 15.4. The Balaban J connectivity index is 2.39. The third-order valence-electron chi connectivity index (χ3n) is 2.91. The number of nitro groups is 1. The van der Waals surface area contributed by atoms with Crippen LogP contribution in [-0.2, 0) is 0 Å². The highest BCUT2D eigenvalue weighted by molar-refractivity contribution is 5.78. The largest absolute Gasteiger partial charge is 0.493 e. The van der Waals surface area contributed by atoms with E-state index in [1.165, 1.54) is 20.3 Å². The van der Waals surface area contributed by atoms with Crippen molar-refractivity contribution < 1.29 is 14.4 Å². The summed E-state index contributed by atoms with van der Waals surface area (Å²) in [6, 6.07) is 9.84. The predicted molar refractivity (Wildman–Crippen MR) is 80.3 cm³/mol.